The Bertz CT molecular complexity index is 957. The third kappa shape index (κ3) is 3.78. The summed E-state index contributed by atoms with van der Waals surface area (Å²) in [6.07, 6.45) is -1.14. The first-order chi connectivity index (χ1) is 13.2. The molecule has 0 saturated heterocycles. The molecule has 28 heavy (non-hydrogen) atoms. The van der Waals surface area contributed by atoms with Crippen LogP contribution in [0.15, 0.2) is 41.4 Å². The lowest BCUT2D eigenvalue weighted by Gasteiger charge is -2.29. The number of imidazole rings is 1. The highest BCUT2D eigenvalue weighted by atomic mass is 19.4. The number of hydrogen-bond donors (Lipinski definition) is 3. The minimum atomic E-state index is -5.14. The number of hydrazine groups is 1. The van der Waals surface area contributed by atoms with Crippen molar-refractivity contribution in [2.45, 2.75) is 18.2 Å². The number of halogens is 3. The number of pyridine rings is 1. The monoisotopic (exact) mass is 397 g/mol. The highest BCUT2D eigenvalue weighted by molar-refractivity contribution is 5.78. The molecule has 3 aromatic heterocycles. The molecule has 3 N–H and O–H groups in total. The number of amides is 1. The van der Waals surface area contributed by atoms with Crippen molar-refractivity contribution < 1.29 is 27.6 Å². The van der Waals surface area contributed by atoms with Gasteiger partial charge in [-0.2, -0.15) is 18.2 Å². The topological polar surface area (TPSA) is 131 Å². The molecule has 3 rings (SSSR count). The fourth-order valence-corrected chi connectivity index (χ4v) is 2.36. The number of aryl methyl sites for hydroxylation is 1. The van der Waals surface area contributed by atoms with Gasteiger partial charge in [-0.25, -0.2) is 10.4 Å². The van der Waals surface area contributed by atoms with E-state index in [2.05, 4.69) is 25.5 Å². The van der Waals surface area contributed by atoms with Gasteiger partial charge < -0.3 is 14.2 Å². The van der Waals surface area contributed by atoms with Crippen molar-refractivity contribution in [1.29, 1.82) is 0 Å². The number of nitrogens with one attached hydrogen (secondary N) is 2. The van der Waals surface area contributed by atoms with Crippen LogP contribution < -0.4 is 10.9 Å². The van der Waals surface area contributed by atoms with Gasteiger partial charge >= 0.3 is 12.2 Å². The average Bonchev–Trinajstić information content (AvgIpc) is 3.29. The van der Waals surface area contributed by atoms with Crippen molar-refractivity contribution in [3.63, 3.8) is 0 Å². The van der Waals surface area contributed by atoms with E-state index in [9.17, 15) is 23.1 Å². The molecule has 148 valence electrons. The molecule has 0 fully saturated rings. The Labute approximate surface area is 155 Å². The first-order valence-electron chi connectivity index (χ1n) is 7.76. The number of aliphatic hydroxyl groups is 1. The Balaban J connectivity index is 1.68. The van der Waals surface area contributed by atoms with Gasteiger partial charge in [0.25, 0.3) is 0 Å². The van der Waals surface area contributed by atoms with Crippen LogP contribution in [0.1, 0.15) is 12.2 Å². The second kappa shape index (κ2) is 7.26. The molecule has 0 spiro atoms. The molecule has 0 aliphatic rings. The zero-order valence-electron chi connectivity index (χ0n) is 14.3. The van der Waals surface area contributed by atoms with Gasteiger partial charge in [-0.1, -0.05) is 5.16 Å². The minimum absolute atomic E-state index is 0.180. The molecule has 0 bridgehead atoms. The summed E-state index contributed by atoms with van der Waals surface area (Å²) in [5.41, 5.74) is 1.29. The second-order valence-corrected chi connectivity index (χ2v) is 5.73. The predicted octanol–water partition coefficient (Wildman–Crippen LogP) is 1.15. The van der Waals surface area contributed by atoms with Gasteiger partial charge in [0.2, 0.25) is 17.3 Å². The number of hydrogen-bond acceptors (Lipinski definition) is 8. The third-order valence-corrected chi connectivity index (χ3v) is 3.75. The lowest BCUT2D eigenvalue weighted by atomic mass is 9.97. The minimum Gasteiger partial charge on any atom is -0.374 e. The van der Waals surface area contributed by atoms with E-state index in [1.165, 1.54) is 25.6 Å². The quantitative estimate of drug-likeness (QED) is 0.528. The molecule has 0 aromatic carbocycles. The third-order valence-electron chi connectivity index (χ3n) is 3.75. The molecule has 0 aliphatic carbocycles. The van der Waals surface area contributed by atoms with E-state index in [1.807, 2.05) is 5.43 Å². The summed E-state index contributed by atoms with van der Waals surface area (Å²) in [6.45, 7) is 0. The first kappa shape index (κ1) is 19.3. The van der Waals surface area contributed by atoms with E-state index in [0.717, 1.165) is 10.8 Å². The summed E-state index contributed by atoms with van der Waals surface area (Å²) in [5, 5.41) is 13.8. The predicted molar refractivity (Wildman–Crippen MR) is 87.1 cm³/mol. The van der Waals surface area contributed by atoms with Crippen LogP contribution in [-0.2, 0) is 17.4 Å². The summed E-state index contributed by atoms with van der Waals surface area (Å²) in [4.78, 5) is 23.3. The summed E-state index contributed by atoms with van der Waals surface area (Å²) in [7, 11) is 1.27. The van der Waals surface area contributed by atoms with Crippen molar-refractivity contribution in [3.05, 3.63) is 42.7 Å². The lowest BCUT2D eigenvalue weighted by Crippen LogP contribution is -2.48. The molecule has 1 atom stereocenters. The maximum absolute atomic E-state index is 13.4. The number of carbonyl (C=O) groups excluding carboxylic acids is 1. The smallest absolute Gasteiger partial charge is 0.374 e. The van der Waals surface area contributed by atoms with Crippen molar-refractivity contribution in [1.82, 2.24) is 30.1 Å². The highest BCUT2D eigenvalue weighted by Gasteiger charge is 2.58. The zero-order valence-corrected chi connectivity index (χ0v) is 14.3. The van der Waals surface area contributed by atoms with E-state index in [1.54, 1.807) is 12.1 Å². The fraction of sp³-hybridized carbons (Fsp3) is 0.267. The van der Waals surface area contributed by atoms with E-state index in [-0.39, 0.29) is 11.8 Å². The van der Waals surface area contributed by atoms with Gasteiger partial charge in [-0.3, -0.25) is 15.2 Å². The Hall–Kier alpha value is -3.48. The van der Waals surface area contributed by atoms with Gasteiger partial charge in [-0.05, 0) is 12.1 Å². The Morgan fingerprint density at radius 2 is 2.00 bits per heavy atom. The fourth-order valence-electron chi connectivity index (χ4n) is 2.36. The van der Waals surface area contributed by atoms with E-state index < -0.39 is 29.9 Å². The van der Waals surface area contributed by atoms with Gasteiger partial charge in [0, 0.05) is 37.4 Å². The lowest BCUT2D eigenvalue weighted by molar-refractivity contribution is -0.271. The Morgan fingerprint density at radius 1 is 1.29 bits per heavy atom. The molecule has 1 unspecified atom stereocenters. The Morgan fingerprint density at radius 3 is 2.61 bits per heavy atom. The van der Waals surface area contributed by atoms with Crippen molar-refractivity contribution in [2.75, 3.05) is 5.43 Å². The van der Waals surface area contributed by atoms with E-state index in [4.69, 9.17) is 4.52 Å². The largest absolute Gasteiger partial charge is 0.425 e. The number of alkyl halides is 3. The highest BCUT2D eigenvalue weighted by Crippen LogP contribution is 2.40. The van der Waals surface area contributed by atoms with Crippen molar-refractivity contribution in [2.24, 2.45) is 7.05 Å². The summed E-state index contributed by atoms with van der Waals surface area (Å²) < 4.78 is 46.1. The molecule has 10 nitrogen and oxygen atoms in total. The van der Waals surface area contributed by atoms with Crippen molar-refractivity contribution >= 4 is 11.9 Å². The van der Waals surface area contributed by atoms with Crippen LogP contribution in [0.2, 0.25) is 0 Å². The molecular weight excluding hydrogens is 383 g/mol. The summed E-state index contributed by atoms with van der Waals surface area (Å²) >= 11 is 0. The van der Waals surface area contributed by atoms with Gasteiger partial charge in [-0.15, -0.1) is 0 Å². The number of nitrogens with zero attached hydrogens (tertiary/aromatic N) is 5. The molecule has 0 saturated carbocycles. The van der Waals surface area contributed by atoms with Gasteiger partial charge in [0.05, 0.1) is 6.42 Å². The average molecular weight is 397 g/mol. The summed E-state index contributed by atoms with van der Waals surface area (Å²) in [6, 6.07) is 2.97. The van der Waals surface area contributed by atoms with Gasteiger partial charge in [0.1, 0.15) is 0 Å². The normalized spacial score (nSPS) is 13.8. The van der Waals surface area contributed by atoms with Crippen LogP contribution >= 0.6 is 0 Å². The van der Waals surface area contributed by atoms with E-state index >= 15 is 0 Å². The van der Waals surface area contributed by atoms with Crippen LogP contribution in [0.3, 0.4) is 0 Å². The van der Waals surface area contributed by atoms with Crippen LogP contribution in [0.4, 0.5) is 19.2 Å². The zero-order chi connectivity index (χ0) is 20.4. The second-order valence-electron chi connectivity index (χ2n) is 5.73. The van der Waals surface area contributed by atoms with Crippen LogP contribution in [0.25, 0.3) is 11.4 Å². The Kier molecular flexibility index (Phi) is 5.00. The molecule has 3 heterocycles. The SMILES string of the molecule is Cn1ccnc1C(O)(CC(=O)NNc1nc(-c2ccncc2)no1)C(F)(F)F. The van der Waals surface area contributed by atoms with Crippen LogP contribution in [-0.4, -0.2) is 41.9 Å². The maximum atomic E-state index is 13.4. The number of rotatable bonds is 6. The molecule has 1 amide bonds. The molecule has 13 heteroatoms. The summed E-state index contributed by atoms with van der Waals surface area (Å²) in [5.74, 6) is -1.71. The molecular formula is C15H14F3N7O3. The number of carbonyl (C=O) groups is 1. The van der Waals surface area contributed by atoms with Crippen molar-refractivity contribution in [3.8, 4) is 11.4 Å². The van der Waals surface area contributed by atoms with Crippen LogP contribution in [0, 0.1) is 0 Å². The number of anilines is 1. The molecule has 3 aromatic rings. The maximum Gasteiger partial charge on any atom is 0.425 e. The molecule has 0 aliphatic heterocycles. The van der Waals surface area contributed by atoms with E-state index in [0.29, 0.717) is 5.56 Å². The number of aromatic nitrogens is 5. The van der Waals surface area contributed by atoms with Gasteiger partial charge in [0.15, 0.2) is 5.82 Å². The standard InChI is InChI=1S/C15H14F3N7O3/c1-25-7-6-20-12(25)14(27,15(16,17)18)8-10(26)22-23-13-21-11(24-28-13)9-2-4-19-5-3-9/h2-7,27H,8H2,1H3,(H,22,26)(H,21,23,24). The molecule has 0 radical (unpaired) electrons. The van der Waals surface area contributed by atoms with Crippen LogP contribution in [0.5, 0.6) is 0 Å². The first-order valence-corrected chi connectivity index (χ1v) is 7.76.